The van der Waals surface area contributed by atoms with Gasteiger partial charge in [0.05, 0.1) is 26.0 Å². The number of para-hydroxylation sites is 1. The number of nitrogens with zero attached hydrogens (tertiary/aromatic N) is 1. The van der Waals surface area contributed by atoms with Crippen LogP contribution in [0.5, 0.6) is 5.75 Å². The van der Waals surface area contributed by atoms with E-state index in [-0.39, 0.29) is 24.5 Å². The number of ether oxygens (including phenoxy) is 2. The highest BCUT2D eigenvalue weighted by atomic mass is 16.5. The highest BCUT2D eigenvalue weighted by Gasteiger charge is 2.55. The molecule has 8 heteroatoms. The second-order valence-corrected chi connectivity index (χ2v) is 6.30. The SMILES string of the molecule is CCOC(=O)c1ccoc1CN1C(=O)N[C@]2(CCOc3ccccc32)C1=O. The van der Waals surface area contributed by atoms with Crippen molar-refractivity contribution in [3.63, 3.8) is 0 Å². The number of amides is 3. The predicted molar refractivity (Wildman–Crippen MR) is 92.0 cm³/mol. The molecule has 2 aliphatic rings. The van der Waals surface area contributed by atoms with Crippen molar-refractivity contribution in [3.8, 4) is 5.75 Å². The summed E-state index contributed by atoms with van der Waals surface area (Å²) >= 11 is 0. The van der Waals surface area contributed by atoms with Crippen molar-refractivity contribution < 1.29 is 28.3 Å². The molecule has 1 spiro atoms. The summed E-state index contributed by atoms with van der Waals surface area (Å²) in [5.74, 6) is -0.173. The molecule has 1 fully saturated rings. The van der Waals surface area contributed by atoms with Crippen molar-refractivity contribution in [2.45, 2.75) is 25.4 Å². The van der Waals surface area contributed by atoms with E-state index >= 15 is 0 Å². The average Bonchev–Trinajstić information content (AvgIpc) is 3.22. The molecule has 4 rings (SSSR count). The first kappa shape index (κ1) is 17.1. The lowest BCUT2D eigenvalue weighted by Crippen LogP contribution is -2.47. The molecule has 2 aliphatic heterocycles. The number of fused-ring (bicyclic) bond motifs is 2. The van der Waals surface area contributed by atoms with Crippen molar-refractivity contribution in [2.75, 3.05) is 13.2 Å². The Morgan fingerprint density at radius 2 is 2.11 bits per heavy atom. The van der Waals surface area contributed by atoms with E-state index in [4.69, 9.17) is 13.9 Å². The molecule has 1 aromatic heterocycles. The monoisotopic (exact) mass is 370 g/mol. The summed E-state index contributed by atoms with van der Waals surface area (Å²) in [6.07, 6.45) is 1.66. The highest BCUT2D eigenvalue weighted by Crippen LogP contribution is 2.41. The zero-order valence-corrected chi connectivity index (χ0v) is 14.7. The number of furan rings is 1. The number of urea groups is 1. The van der Waals surface area contributed by atoms with Crippen LogP contribution in [0.4, 0.5) is 4.79 Å². The molecule has 0 radical (unpaired) electrons. The van der Waals surface area contributed by atoms with Gasteiger partial charge < -0.3 is 19.2 Å². The van der Waals surface area contributed by atoms with Gasteiger partial charge in [0.15, 0.2) is 5.54 Å². The molecule has 0 bridgehead atoms. The van der Waals surface area contributed by atoms with Crippen LogP contribution in [0.3, 0.4) is 0 Å². The largest absolute Gasteiger partial charge is 0.493 e. The molecule has 140 valence electrons. The quantitative estimate of drug-likeness (QED) is 0.654. The summed E-state index contributed by atoms with van der Waals surface area (Å²) in [5.41, 5.74) is -0.337. The summed E-state index contributed by atoms with van der Waals surface area (Å²) in [7, 11) is 0. The Kier molecular flexibility index (Phi) is 4.10. The molecule has 2 aromatic rings. The maximum atomic E-state index is 13.2. The molecule has 8 nitrogen and oxygen atoms in total. The summed E-state index contributed by atoms with van der Waals surface area (Å²) < 4.78 is 15.9. The summed E-state index contributed by atoms with van der Waals surface area (Å²) in [6, 6.07) is 8.07. The van der Waals surface area contributed by atoms with Crippen molar-refractivity contribution in [3.05, 3.63) is 53.5 Å². The molecule has 1 atom stereocenters. The summed E-state index contributed by atoms with van der Waals surface area (Å²) in [5, 5.41) is 2.81. The minimum absolute atomic E-state index is 0.156. The molecule has 3 heterocycles. The van der Waals surface area contributed by atoms with Crippen LogP contribution >= 0.6 is 0 Å². The Hall–Kier alpha value is -3.29. The van der Waals surface area contributed by atoms with Gasteiger partial charge in [0, 0.05) is 12.0 Å². The maximum absolute atomic E-state index is 13.2. The second-order valence-electron chi connectivity index (χ2n) is 6.30. The number of rotatable bonds is 4. The van der Waals surface area contributed by atoms with Crippen LogP contribution in [-0.2, 0) is 21.6 Å². The van der Waals surface area contributed by atoms with Gasteiger partial charge in [0.1, 0.15) is 17.1 Å². The molecule has 3 amide bonds. The Morgan fingerprint density at radius 1 is 1.30 bits per heavy atom. The fourth-order valence-corrected chi connectivity index (χ4v) is 3.51. The lowest BCUT2D eigenvalue weighted by atomic mass is 9.84. The topological polar surface area (TPSA) is 98.1 Å². The van der Waals surface area contributed by atoms with Gasteiger partial charge in [-0.2, -0.15) is 0 Å². The van der Waals surface area contributed by atoms with E-state index < -0.39 is 23.4 Å². The van der Waals surface area contributed by atoms with Gasteiger partial charge in [-0.25, -0.2) is 9.59 Å². The van der Waals surface area contributed by atoms with Gasteiger partial charge in [-0.05, 0) is 19.1 Å². The summed E-state index contributed by atoms with van der Waals surface area (Å²) in [6.45, 7) is 2.07. The van der Waals surface area contributed by atoms with Crippen molar-refractivity contribution in [2.24, 2.45) is 0 Å². The number of carbonyl (C=O) groups is 3. The molecule has 0 unspecified atom stereocenters. The van der Waals surface area contributed by atoms with Crippen LogP contribution in [0, 0.1) is 0 Å². The van der Waals surface area contributed by atoms with Gasteiger partial charge in [0.25, 0.3) is 5.91 Å². The highest BCUT2D eigenvalue weighted by molar-refractivity contribution is 6.08. The molecular weight excluding hydrogens is 352 g/mol. The lowest BCUT2D eigenvalue weighted by molar-refractivity contribution is -0.133. The first-order chi connectivity index (χ1) is 13.1. The third-order valence-corrected chi connectivity index (χ3v) is 4.80. The third-order valence-electron chi connectivity index (χ3n) is 4.80. The number of carbonyl (C=O) groups excluding carboxylic acids is 3. The van der Waals surface area contributed by atoms with E-state index in [2.05, 4.69) is 5.32 Å². The van der Waals surface area contributed by atoms with E-state index in [1.807, 2.05) is 6.07 Å². The first-order valence-corrected chi connectivity index (χ1v) is 8.66. The standard InChI is InChI=1S/C19H18N2O6/c1-2-25-16(22)12-7-9-26-15(12)11-21-17(23)19(20-18(21)24)8-10-27-14-6-4-3-5-13(14)19/h3-7,9H,2,8,10-11H2,1H3,(H,20,24)/t19-/m0/s1. The molecule has 1 aromatic carbocycles. The molecule has 1 N–H and O–H groups in total. The zero-order chi connectivity index (χ0) is 19.0. The van der Waals surface area contributed by atoms with Crippen LogP contribution < -0.4 is 10.1 Å². The zero-order valence-electron chi connectivity index (χ0n) is 14.7. The van der Waals surface area contributed by atoms with Crippen LogP contribution in [0.15, 0.2) is 41.0 Å². The van der Waals surface area contributed by atoms with Crippen molar-refractivity contribution in [1.29, 1.82) is 0 Å². The molecule has 1 saturated heterocycles. The third kappa shape index (κ3) is 2.64. The fraction of sp³-hybridized carbons (Fsp3) is 0.316. The molecular formula is C19H18N2O6. The van der Waals surface area contributed by atoms with Crippen molar-refractivity contribution in [1.82, 2.24) is 10.2 Å². The molecule has 27 heavy (non-hydrogen) atoms. The number of hydrogen-bond donors (Lipinski definition) is 1. The van der Waals surface area contributed by atoms with Gasteiger partial charge in [-0.15, -0.1) is 0 Å². The van der Waals surface area contributed by atoms with E-state index in [1.54, 1.807) is 25.1 Å². The first-order valence-electron chi connectivity index (χ1n) is 8.66. The van der Waals surface area contributed by atoms with Gasteiger partial charge in [-0.1, -0.05) is 18.2 Å². The van der Waals surface area contributed by atoms with E-state index in [0.717, 1.165) is 4.90 Å². The minimum Gasteiger partial charge on any atom is -0.493 e. The predicted octanol–water partition coefficient (Wildman–Crippen LogP) is 2.19. The van der Waals surface area contributed by atoms with Crippen LogP contribution in [0.25, 0.3) is 0 Å². The Labute approximate surface area is 155 Å². The number of imide groups is 1. The average molecular weight is 370 g/mol. The number of esters is 1. The Bertz CT molecular complexity index is 920. The normalized spacial score (nSPS) is 21.0. The second kappa shape index (κ2) is 6.46. The molecule has 0 aliphatic carbocycles. The summed E-state index contributed by atoms with van der Waals surface area (Å²) in [4.78, 5) is 38.9. The van der Waals surface area contributed by atoms with Crippen molar-refractivity contribution >= 4 is 17.9 Å². The number of hydrogen-bond acceptors (Lipinski definition) is 6. The van der Waals surface area contributed by atoms with Crippen LogP contribution in [-0.4, -0.2) is 36.0 Å². The number of benzene rings is 1. The lowest BCUT2D eigenvalue weighted by Gasteiger charge is -2.33. The van der Waals surface area contributed by atoms with E-state index in [9.17, 15) is 14.4 Å². The van der Waals surface area contributed by atoms with Gasteiger partial charge >= 0.3 is 12.0 Å². The smallest absolute Gasteiger partial charge is 0.341 e. The Morgan fingerprint density at radius 3 is 2.93 bits per heavy atom. The maximum Gasteiger partial charge on any atom is 0.341 e. The number of nitrogens with one attached hydrogen (secondary N) is 1. The minimum atomic E-state index is -1.16. The molecule has 0 saturated carbocycles. The fourth-order valence-electron chi connectivity index (χ4n) is 3.51. The van der Waals surface area contributed by atoms with Gasteiger partial charge in [0.2, 0.25) is 0 Å². The van der Waals surface area contributed by atoms with Crippen LogP contribution in [0.1, 0.15) is 35.0 Å². The van der Waals surface area contributed by atoms with Gasteiger partial charge in [-0.3, -0.25) is 9.69 Å². The Balaban J connectivity index is 1.65. The van der Waals surface area contributed by atoms with E-state index in [1.165, 1.54) is 12.3 Å². The van der Waals surface area contributed by atoms with E-state index in [0.29, 0.717) is 24.3 Å². The van der Waals surface area contributed by atoms with Crippen LogP contribution in [0.2, 0.25) is 0 Å².